The van der Waals surface area contributed by atoms with Crippen molar-refractivity contribution in [2.24, 2.45) is 0 Å². The molecule has 46 heavy (non-hydrogen) atoms. The Hall–Kier alpha value is -3.76. The Balaban J connectivity index is 1.38. The number of halogens is 3. The summed E-state index contributed by atoms with van der Waals surface area (Å²) in [7, 11) is 0. The van der Waals surface area contributed by atoms with Crippen LogP contribution in [0.25, 0.3) is 0 Å². The second-order valence-electron chi connectivity index (χ2n) is 10.9. The number of rotatable bonds is 13. The molecule has 0 spiro atoms. The molecule has 250 valence electrons. The number of aliphatic hydroxyl groups excluding tert-OH is 1. The molecule has 0 radical (unpaired) electrons. The van der Waals surface area contributed by atoms with E-state index < -0.39 is 51.2 Å². The van der Waals surface area contributed by atoms with Gasteiger partial charge in [0, 0.05) is 32.1 Å². The summed E-state index contributed by atoms with van der Waals surface area (Å²) in [4.78, 5) is 52.4. The molecule has 2 aliphatic heterocycles. The Labute approximate surface area is 274 Å². The first-order valence-corrected chi connectivity index (χ1v) is 15.0. The molecule has 3 amide bonds. The number of hydrogen-bond donors (Lipinski definition) is 2. The summed E-state index contributed by atoms with van der Waals surface area (Å²) in [6.45, 7) is 3.95. The number of nitro groups is 1. The first-order chi connectivity index (χ1) is 21.7. The average Bonchev–Trinajstić information content (AvgIpc) is 3.39. The summed E-state index contributed by atoms with van der Waals surface area (Å²) in [6.07, 6.45) is -2.87. The van der Waals surface area contributed by atoms with Gasteiger partial charge >= 0.3 is 6.09 Å². The van der Waals surface area contributed by atoms with Crippen LogP contribution in [0.15, 0.2) is 42.5 Å². The van der Waals surface area contributed by atoms with Gasteiger partial charge in [-0.3, -0.25) is 24.6 Å². The van der Waals surface area contributed by atoms with Gasteiger partial charge in [0.05, 0.1) is 55.3 Å². The number of carbonyl (C=O) groups excluding carboxylic acids is 3. The third-order valence-electron chi connectivity index (χ3n) is 7.42. The summed E-state index contributed by atoms with van der Waals surface area (Å²) >= 11 is 11.8. The fraction of sp³-hybridized carbons (Fsp3) is 0.483. The number of benzene rings is 2. The quantitative estimate of drug-likeness (QED) is 0.139. The van der Waals surface area contributed by atoms with Crippen molar-refractivity contribution >= 4 is 58.2 Å². The van der Waals surface area contributed by atoms with Gasteiger partial charge in [-0.05, 0) is 42.8 Å². The Bertz CT molecular complexity index is 1420. The number of nitrogens with zero attached hydrogens (tertiary/aromatic N) is 4. The van der Waals surface area contributed by atoms with Crippen LogP contribution in [-0.4, -0.2) is 102 Å². The van der Waals surface area contributed by atoms with Crippen molar-refractivity contribution in [3.8, 4) is 0 Å². The Morgan fingerprint density at radius 1 is 1.24 bits per heavy atom. The summed E-state index contributed by atoms with van der Waals surface area (Å²) < 4.78 is 29.6. The molecule has 2 aromatic carbocycles. The Morgan fingerprint density at radius 3 is 2.50 bits per heavy atom. The van der Waals surface area contributed by atoms with Crippen LogP contribution in [-0.2, 0) is 23.8 Å². The number of anilines is 2. The number of nitro benzene ring substituents is 1. The number of amides is 3. The summed E-state index contributed by atoms with van der Waals surface area (Å²) in [5.41, 5.74) is 0.754. The molecule has 0 bridgehead atoms. The zero-order valence-electron chi connectivity index (χ0n) is 25.1. The molecule has 2 N–H and O–H groups in total. The number of non-ortho nitro benzene ring substituents is 1. The number of carbonyl (C=O) groups is 3. The Morgan fingerprint density at radius 2 is 1.91 bits per heavy atom. The molecular weight excluding hydrogens is 652 g/mol. The normalized spacial score (nSPS) is 18.1. The minimum Gasteiger partial charge on any atom is -0.442 e. The molecule has 0 aromatic heterocycles. The third kappa shape index (κ3) is 8.94. The van der Waals surface area contributed by atoms with E-state index in [1.807, 2.05) is 4.90 Å². The highest BCUT2D eigenvalue weighted by molar-refractivity contribution is 6.57. The van der Waals surface area contributed by atoms with Gasteiger partial charge < -0.3 is 34.4 Å². The predicted octanol–water partition coefficient (Wildman–Crippen LogP) is 3.13. The first kappa shape index (κ1) is 35.1. The number of aliphatic hydroxyl groups is 1. The van der Waals surface area contributed by atoms with E-state index in [1.54, 1.807) is 12.1 Å². The molecule has 2 aliphatic rings. The highest BCUT2D eigenvalue weighted by atomic mass is 35.5. The van der Waals surface area contributed by atoms with Gasteiger partial charge in [-0.25, -0.2) is 9.18 Å². The SMILES string of the molecule is CC(=O)N(COC[C@@H](NC(=O)C(C)(Cl)Cl)[C@H](O)c1ccc([N+](=O)[O-])cc1)C[C@H]1CN(c2ccc(N3CCOCC3)c(F)c2)C(=O)O1. The van der Waals surface area contributed by atoms with Gasteiger partial charge in [0.1, 0.15) is 24.8 Å². The van der Waals surface area contributed by atoms with Gasteiger partial charge in [0.2, 0.25) is 5.91 Å². The molecule has 2 saturated heterocycles. The van der Waals surface area contributed by atoms with Crippen molar-refractivity contribution in [1.29, 1.82) is 0 Å². The minimum atomic E-state index is -1.84. The lowest BCUT2D eigenvalue weighted by atomic mass is 10.0. The molecule has 3 atom stereocenters. The van der Waals surface area contributed by atoms with E-state index in [-0.39, 0.29) is 37.7 Å². The van der Waals surface area contributed by atoms with Crippen LogP contribution in [0.1, 0.15) is 25.5 Å². The fourth-order valence-electron chi connectivity index (χ4n) is 4.89. The van der Waals surface area contributed by atoms with Gasteiger partial charge in [-0.15, -0.1) is 0 Å². The lowest BCUT2D eigenvalue weighted by molar-refractivity contribution is -0.384. The van der Waals surface area contributed by atoms with E-state index in [9.17, 15) is 34.0 Å². The van der Waals surface area contributed by atoms with Crippen LogP contribution in [0.5, 0.6) is 0 Å². The molecule has 2 heterocycles. The highest BCUT2D eigenvalue weighted by Crippen LogP contribution is 2.29. The number of cyclic esters (lactones) is 1. The topological polar surface area (TPSA) is 164 Å². The summed E-state index contributed by atoms with van der Waals surface area (Å²) in [5, 5.41) is 24.5. The van der Waals surface area contributed by atoms with E-state index >= 15 is 0 Å². The standard InChI is InChI=1S/C29H34Cl2FN5O9/c1-18(38)35(14-22-15-36(28(41)46-22)21-7-8-25(23(32)13-21)34-9-11-44-12-10-34)17-45-16-24(33-27(40)29(2,30)31)26(39)19-3-5-20(6-4-19)37(42)43/h3-8,13,22,24,26,39H,9-12,14-17H2,1-2H3,(H,33,40)/t22-,24+,26+/m0/s1. The molecule has 0 aliphatic carbocycles. The molecule has 14 nitrogen and oxygen atoms in total. The van der Waals surface area contributed by atoms with Crippen molar-refractivity contribution in [2.75, 3.05) is 62.5 Å². The molecular formula is C29H34Cl2FN5O9. The maximum absolute atomic E-state index is 15.0. The first-order valence-electron chi connectivity index (χ1n) is 14.3. The van der Waals surface area contributed by atoms with Crippen LogP contribution in [0, 0.1) is 15.9 Å². The van der Waals surface area contributed by atoms with Gasteiger partial charge in [-0.2, -0.15) is 0 Å². The number of ether oxygens (including phenoxy) is 3. The lowest BCUT2D eigenvalue weighted by Crippen LogP contribution is -2.48. The van der Waals surface area contributed by atoms with Crippen molar-refractivity contribution in [2.45, 2.75) is 36.4 Å². The van der Waals surface area contributed by atoms with Crippen molar-refractivity contribution in [1.82, 2.24) is 10.2 Å². The highest BCUT2D eigenvalue weighted by Gasteiger charge is 2.36. The number of hydrogen-bond acceptors (Lipinski definition) is 10. The Kier molecular flexibility index (Phi) is 11.6. The summed E-state index contributed by atoms with van der Waals surface area (Å²) in [6, 6.07) is 8.40. The van der Waals surface area contributed by atoms with E-state index in [4.69, 9.17) is 37.4 Å². The summed E-state index contributed by atoms with van der Waals surface area (Å²) in [5.74, 6) is -1.74. The largest absolute Gasteiger partial charge is 0.442 e. The second-order valence-corrected chi connectivity index (χ2v) is 12.6. The van der Waals surface area contributed by atoms with Crippen LogP contribution in [0.3, 0.4) is 0 Å². The van der Waals surface area contributed by atoms with E-state index in [2.05, 4.69) is 5.32 Å². The molecule has 4 rings (SSSR count). The minimum absolute atomic E-state index is 0.0422. The van der Waals surface area contributed by atoms with E-state index in [1.165, 1.54) is 54.0 Å². The fourth-order valence-corrected chi connectivity index (χ4v) is 5.00. The van der Waals surface area contributed by atoms with Crippen LogP contribution in [0.4, 0.5) is 26.2 Å². The second kappa shape index (κ2) is 15.2. The van der Waals surface area contributed by atoms with Crippen molar-refractivity contribution < 1.29 is 43.0 Å². The van der Waals surface area contributed by atoms with Crippen LogP contribution < -0.4 is 15.1 Å². The van der Waals surface area contributed by atoms with Gasteiger partial charge in [-0.1, -0.05) is 23.2 Å². The van der Waals surface area contributed by atoms with Gasteiger partial charge in [0.15, 0.2) is 4.33 Å². The number of nitrogens with one attached hydrogen (secondary N) is 1. The van der Waals surface area contributed by atoms with Crippen LogP contribution in [0.2, 0.25) is 0 Å². The molecule has 0 saturated carbocycles. The molecule has 2 fully saturated rings. The van der Waals surface area contributed by atoms with Crippen molar-refractivity contribution in [3.05, 3.63) is 64.0 Å². The third-order valence-corrected chi connectivity index (χ3v) is 7.77. The molecule has 2 aromatic rings. The molecule has 0 unspecified atom stereocenters. The molecule has 17 heteroatoms. The zero-order valence-corrected chi connectivity index (χ0v) is 26.6. The maximum atomic E-state index is 15.0. The lowest BCUT2D eigenvalue weighted by Gasteiger charge is -2.29. The predicted molar refractivity (Wildman–Crippen MR) is 165 cm³/mol. The van der Waals surface area contributed by atoms with Crippen molar-refractivity contribution in [3.63, 3.8) is 0 Å². The number of morpholine rings is 1. The van der Waals surface area contributed by atoms with Gasteiger partial charge in [0.25, 0.3) is 11.6 Å². The monoisotopic (exact) mass is 685 g/mol. The zero-order chi connectivity index (χ0) is 33.6. The van der Waals surface area contributed by atoms with E-state index in [0.717, 1.165) is 0 Å². The maximum Gasteiger partial charge on any atom is 0.414 e. The number of alkyl halides is 2. The average molecular weight is 687 g/mol. The van der Waals surface area contributed by atoms with E-state index in [0.29, 0.717) is 37.7 Å². The smallest absolute Gasteiger partial charge is 0.414 e. The van der Waals surface area contributed by atoms with Crippen LogP contribution >= 0.6 is 23.2 Å².